The van der Waals surface area contributed by atoms with Crippen LogP contribution in [0.25, 0.3) is 60.6 Å². The van der Waals surface area contributed by atoms with Gasteiger partial charge in [0.25, 0.3) is 0 Å². The van der Waals surface area contributed by atoms with E-state index in [0.717, 1.165) is 79.1 Å². The van der Waals surface area contributed by atoms with Gasteiger partial charge >= 0.3 is 0 Å². The molecule has 0 spiro atoms. The van der Waals surface area contributed by atoms with Gasteiger partial charge in [0.05, 0.1) is 23.6 Å². The van der Waals surface area contributed by atoms with Gasteiger partial charge in [-0.3, -0.25) is 0 Å². The van der Waals surface area contributed by atoms with Crippen LogP contribution < -0.4 is 4.90 Å². The number of nitrogens with zero attached hydrogens (tertiary/aromatic N) is 2. The molecule has 2 aliphatic carbocycles. The van der Waals surface area contributed by atoms with E-state index in [0.29, 0.717) is 11.2 Å². The lowest BCUT2D eigenvalue weighted by Gasteiger charge is -2.31. The van der Waals surface area contributed by atoms with Crippen molar-refractivity contribution in [1.82, 2.24) is 4.57 Å². The third-order valence-corrected chi connectivity index (χ3v) is 12.1. The van der Waals surface area contributed by atoms with E-state index in [1.54, 1.807) is 0 Å². The van der Waals surface area contributed by atoms with E-state index < -0.39 is 6.04 Å². The zero-order chi connectivity index (χ0) is 38.5. The molecule has 248 valence electrons. The van der Waals surface area contributed by atoms with Gasteiger partial charge in [0.2, 0.25) is 0 Å². The van der Waals surface area contributed by atoms with Crippen LogP contribution in [0, 0.1) is 5.92 Å². The predicted molar refractivity (Wildman–Crippen MR) is 220 cm³/mol. The van der Waals surface area contributed by atoms with Gasteiger partial charge in [0.15, 0.2) is 5.58 Å². The molecule has 0 N–H and O–H groups in total. The molecule has 4 heteroatoms. The molecule has 0 radical (unpaired) electrons. The molecule has 3 heterocycles. The quantitative estimate of drug-likeness (QED) is 0.179. The number of thioether (sulfide) groups is 1. The van der Waals surface area contributed by atoms with Crippen LogP contribution in [-0.2, 0) is 0 Å². The molecule has 3 nitrogen and oxygen atoms in total. The first-order valence-electron chi connectivity index (χ1n) is 20.2. The summed E-state index contributed by atoms with van der Waals surface area (Å²) in [6, 6.07) is 35.8. The number of para-hydroxylation sites is 4. The topological polar surface area (TPSA) is 21.3 Å². The summed E-state index contributed by atoms with van der Waals surface area (Å²) in [5.41, 5.74) is 10.1. The van der Waals surface area contributed by atoms with E-state index in [1.165, 1.54) is 16.2 Å². The second-order valence-corrected chi connectivity index (χ2v) is 14.7. The summed E-state index contributed by atoms with van der Waals surface area (Å²) in [7, 11) is 0. The van der Waals surface area contributed by atoms with Crippen LogP contribution >= 0.6 is 11.8 Å². The summed E-state index contributed by atoms with van der Waals surface area (Å²) in [4.78, 5) is 3.75. The Morgan fingerprint density at radius 1 is 0.712 bits per heavy atom. The molecule has 1 saturated heterocycles. The van der Waals surface area contributed by atoms with Crippen LogP contribution in [0.1, 0.15) is 19.7 Å². The Morgan fingerprint density at radius 3 is 2.38 bits per heavy atom. The second-order valence-electron chi connectivity index (χ2n) is 13.5. The number of anilines is 2. The van der Waals surface area contributed by atoms with Crippen LogP contribution in [0.2, 0.25) is 0 Å². The van der Waals surface area contributed by atoms with Gasteiger partial charge < -0.3 is 13.9 Å². The molecule has 2 atom stereocenters. The lowest BCUT2D eigenvalue weighted by atomic mass is 9.87. The minimum absolute atomic E-state index is 0.140. The first-order valence-corrected chi connectivity index (χ1v) is 18.6. The van der Waals surface area contributed by atoms with E-state index in [2.05, 4.69) is 108 Å². The third kappa shape index (κ3) is 4.54. The van der Waals surface area contributed by atoms with Gasteiger partial charge in [-0.15, -0.1) is 11.8 Å². The van der Waals surface area contributed by atoms with Crippen LogP contribution in [0.5, 0.6) is 0 Å². The van der Waals surface area contributed by atoms with Gasteiger partial charge in [-0.1, -0.05) is 121 Å². The monoisotopic (exact) mass is 691 g/mol. The van der Waals surface area contributed by atoms with E-state index in [-0.39, 0.29) is 29.9 Å². The standard InChI is InChI=1S/C48H34N2OS/c1-2-12-33(13-3-1)49-41-19-7-4-14-35(41)36-29-26-32(30-44(36)49)31-24-27-34(28-25-31)50(42-20-10-17-39-37-15-5-8-22-45(37)51-47(39)42)43-21-11-18-40-38-16-6-9-23-46(38)52-48(40)43/h1-10,12-20,22-30,38,46H,11,21H2/i1D,2D,3D,12D,13D. The maximum atomic E-state index is 8.85. The van der Waals surface area contributed by atoms with Crippen molar-refractivity contribution in [3.63, 3.8) is 0 Å². The molecule has 0 bridgehead atoms. The van der Waals surface area contributed by atoms with Crippen molar-refractivity contribution in [2.24, 2.45) is 5.92 Å². The number of hydrogen-bond donors (Lipinski definition) is 0. The Morgan fingerprint density at radius 2 is 1.48 bits per heavy atom. The number of benzene rings is 6. The maximum Gasteiger partial charge on any atom is 0.159 e. The van der Waals surface area contributed by atoms with Crippen molar-refractivity contribution in [3.8, 4) is 16.8 Å². The SMILES string of the molecule is [2H]c1c([2H])c([2H])c(-n2c3ccccc3c3ccc(-c4ccc(N(C5=C6SC7C=CC=CC7C6=CCC5)c5cccc6c5oc5ccccc56)cc4)cc32)c([2H])c1[2H]. The highest BCUT2D eigenvalue weighted by Crippen LogP contribution is 2.54. The van der Waals surface area contributed by atoms with Crippen molar-refractivity contribution in [2.75, 3.05) is 4.90 Å². The molecule has 2 aromatic heterocycles. The number of allylic oxidation sites excluding steroid dienone is 6. The van der Waals surface area contributed by atoms with E-state index in [9.17, 15) is 0 Å². The summed E-state index contributed by atoms with van der Waals surface area (Å²) in [5, 5.41) is 4.45. The number of fused-ring (bicyclic) bond motifs is 9. The molecule has 6 aromatic carbocycles. The van der Waals surface area contributed by atoms with Crippen LogP contribution in [-0.4, -0.2) is 9.82 Å². The molecule has 0 amide bonds. The molecule has 1 aliphatic heterocycles. The molecule has 8 aromatic rings. The van der Waals surface area contributed by atoms with E-state index >= 15 is 0 Å². The normalized spacial score (nSPS) is 19.4. The van der Waals surface area contributed by atoms with Gasteiger partial charge in [-0.2, -0.15) is 0 Å². The zero-order valence-electron chi connectivity index (χ0n) is 33.1. The first kappa shape index (κ1) is 25.1. The van der Waals surface area contributed by atoms with Crippen molar-refractivity contribution in [3.05, 3.63) is 186 Å². The first-order chi connectivity index (χ1) is 27.9. The Bertz CT molecular complexity index is 3110. The lowest BCUT2D eigenvalue weighted by molar-refractivity contribution is 0.668. The summed E-state index contributed by atoms with van der Waals surface area (Å²) in [6.07, 6.45) is 13.3. The van der Waals surface area contributed by atoms with Gasteiger partial charge in [0, 0.05) is 54.7 Å². The van der Waals surface area contributed by atoms with E-state index in [4.69, 9.17) is 11.3 Å². The molecule has 3 aliphatic rings. The molecule has 1 fully saturated rings. The molecular formula is C48H34N2OS. The average Bonchev–Trinajstić information content (AvgIpc) is 3.93. The van der Waals surface area contributed by atoms with Crippen molar-refractivity contribution < 1.29 is 11.3 Å². The minimum Gasteiger partial charge on any atom is -0.454 e. The van der Waals surface area contributed by atoms with E-state index in [1.807, 2.05) is 52.7 Å². The minimum atomic E-state index is -0.406. The number of rotatable bonds is 5. The second kappa shape index (κ2) is 11.8. The molecule has 52 heavy (non-hydrogen) atoms. The average molecular weight is 692 g/mol. The third-order valence-electron chi connectivity index (χ3n) is 10.7. The zero-order valence-corrected chi connectivity index (χ0v) is 28.9. The van der Waals surface area contributed by atoms with Crippen LogP contribution in [0.4, 0.5) is 11.4 Å². The molecule has 0 saturated carbocycles. The number of furan rings is 1. The van der Waals surface area contributed by atoms with Crippen LogP contribution in [0.15, 0.2) is 190 Å². The highest BCUT2D eigenvalue weighted by Gasteiger charge is 2.38. The van der Waals surface area contributed by atoms with Crippen molar-refractivity contribution in [1.29, 1.82) is 0 Å². The fourth-order valence-electron chi connectivity index (χ4n) is 8.39. The smallest absolute Gasteiger partial charge is 0.159 e. The molecular weight excluding hydrogens is 653 g/mol. The number of aromatic nitrogens is 1. The van der Waals surface area contributed by atoms with Crippen molar-refractivity contribution >= 4 is 66.9 Å². The highest BCUT2D eigenvalue weighted by atomic mass is 32.2. The summed E-state index contributed by atoms with van der Waals surface area (Å²) < 4.78 is 51.3. The predicted octanol–water partition coefficient (Wildman–Crippen LogP) is 13.3. The Balaban J connectivity index is 1.08. The van der Waals surface area contributed by atoms with Crippen molar-refractivity contribution in [2.45, 2.75) is 18.1 Å². The largest absolute Gasteiger partial charge is 0.454 e. The molecule has 11 rings (SSSR count). The summed E-state index contributed by atoms with van der Waals surface area (Å²) >= 11 is 1.96. The van der Waals surface area contributed by atoms with Gasteiger partial charge in [-0.25, -0.2) is 0 Å². The van der Waals surface area contributed by atoms with Gasteiger partial charge in [0.1, 0.15) is 5.58 Å². The highest BCUT2D eigenvalue weighted by molar-refractivity contribution is 8.04. The fraction of sp³-hybridized carbons (Fsp3) is 0.0833. The summed E-state index contributed by atoms with van der Waals surface area (Å²) in [5.74, 6) is 0.365. The Labute approximate surface area is 313 Å². The lowest BCUT2D eigenvalue weighted by Crippen LogP contribution is -2.20. The Kier molecular flexibility index (Phi) is 5.68. The van der Waals surface area contributed by atoms with Crippen LogP contribution in [0.3, 0.4) is 0 Å². The van der Waals surface area contributed by atoms with Gasteiger partial charge in [-0.05, 0) is 78.0 Å². The summed E-state index contributed by atoms with van der Waals surface area (Å²) in [6.45, 7) is 0. The fourth-order valence-corrected chi connectivity index (χ4v) is 9.90. The molecule has 2 unspecified atom stereocenters. The Hall–Kier alpha value is -5.97. The maximum absolute atomic E-state index is 8.85. The number of hydrogen-bond acceptors (Lipinski definition) is 3.